The quantitative estimate of drug-likeness (QED) is 0.644. The van der Waals surface area contributed by atoms with Gasteiger partial charge in [-0.3, -0.25) is 4.79 Å². The monoisotopic (exact) mass is 456 g/mol. The van der Waals surface area contributed by atoms with Crippen LogP contribution in [-0.2, 0) is 26.0 Å². The Morgan fingerprint density at radius 1 is 1.00 bits per heavy atom. The largest absolute Gasteiger partial charge is 0.452 e. The molecule has 32 heavy (non-hydrogen) atoms. The molecule has 1 atom stereocenters. The number of para-hydroxylation sites is 1. The summed E-state index contributed by atoms with van der Waals surface area (Å²) in [5.74, 6) is -1.14. The molecule has 8 heteroatoms. The van der Waals surface area contributed by atoms with Gasteiger partial charge in [-0.1, -0.05) is 36.8 Å². The van der Waals surface area contributed by atoms with E-state index >= 15 is 0 Å². The Hall–Kier alpha value is -2.71. The fourth-order valence-corrected chi connectivity index (χ4v) is 6.14. The van der Waals surface area contributed by atoms with Crippen molar-refractivity contribution < 1.29 is 22.7 Å². The molecule has 0 bridgehead atoms. The van der Waals surface area contributed by atoms with Gasteiger partial charge >= 0.3 is 5.97 Å². The van der Waals surface area contributed by atoms with Crippen molar-refractivity contribution in [2.75, 3.05) is 24.6 Å². The van der Waals surface area contributed by atoms with E-state index in [1.165, 1.54) is 16.4 Å². The van der Waals surface area contributed by atoms with Crippen LogP contribution in [0, 0.1) is 0 Å². The third-order valence-electron chi connectivity index (χ3n) is 6.16. The van der Waals surface area contributed by atoms with Crippen LogP contribution in [0.3, 0.4) is 0 Å². The smallest absolute Gasteiger partial charge is 0.340 e. The zero-order valence-corrected chi connectivity index (χ0v) is 19.0. The highest BCUT2D eigenvalue weighted by Gasteiger charge is 2.32. The summed E-state index contributed by atoms with van der Waals surface area (Å²) in [4.78, 5) is 27.4. The summed E-state index contributed by atoms with van der Waals surface area (Å²) in [6.45, 7) is 2.40. The predicted molar refractivity (Wildman–Crippen MR) is 121 cm³/mol. The van der Waals surface area contributed by atoms with Crippen LogP contribution in [-0.4, -0.2) is 50.3 Å². The number of rotatable bonds is 5. The van der Waals surface area contributed by atoms with Crippen molar-refractivity contribution in [1.82, 2.24) is 4.31 Å². The van der Waals surface area contributed by atoms with Crippen LogP contribution in [0.4, 0.5) is 5.69 Å². The highest BCUT2D eigenvalue weighted by atomic mass is 32.2. The number of hydrogen-bond acceptors (Lipinski definition) is 5. The van der Waals surface area contributed by atoms with Gasteiger partial charge in [0.2, 0.25) is 10.0 Å². The van der Waals surface area contributed by atoms with Crippen molar-refractivity contribution in [2.24, 2.45) is 0 Å². The lowest BCUT2D eigenvalue weighted by Gasteiger charge is -2.35. The van der Waals surface area contributed by atoms with E-state index in [9.17, 15) is 18.0 Å². The summed E-state index contributed by atoms with van der Waals surface area (Å²) >= 11 is 0. The van der Waals surface area contributed by atoms with Gasteiger partial charge in [-0.05, 0) is 56.4 Å². The minimum absolute atomic E-state index is 0.0112. The Morgan fingerprint density at radius 2 is 1.69 bits per heavy atom. The number of amides is 1. The van der Waals surface area contributed by atoms with Crippen LogP contribution in [0.5, 0.6) is 0 Å². The molecule has 1 saturated heterocycles. The molecule has 0 N–H and O–H groups in total. The second kappa shape index (κ2) is 9.42. The number of piperidine rings is 1. The van der Waals surface area contributed by atoms with Gasteiger partial charge in [0.05, 0.1) is 10.5 Å². The lowest BCUT2D eigenvalue weighted by Crippen LogP contribution is -2.44. The molecule has 1 fully saturated rings. The van der Waals surface area contributed by atoms with Crippen LogP contribution in [0.15, 0.2) is 53.4 Å². The van der Waals surface area contributed by atoms with Gasteiger partial charge < -0.3 is 9.64 Å². The fraction of sp³-hybridized carbons (Fsp3) is 0.417. The number of carbonyl (C=O) groups excluding carboxylic acids is 2. The zero-order chi connectivity index (χ0) is 22.7. The third-order valence-corrected chi connectivity index (χ3v) is 8.12. The van der Waals surface area contributed by atoms with Crippen molar-refractivity contribution in [1.29, 1.82) is 0 Å². The maximum atomic E-state index is 13.1. The van der Waals surface area contributed by atoms with Gasteiger partial charge in [0.1, 0.15) is 0 Å². The second-order valence-electron chi connectivity index (χ2n) is 8.32. The number of carbonyl (C=O) groups is 2. The molecule has 0 saturated carbocycles. The van der Waals surface area contributed by atoms with Gasteiger partial charge in [-0.15, -0.1) is 0 Å². The zero-order valence-electron chi connectivity index (χ0n) is 18.2. The number of nitrogens with zero attached hydrogens (tertiary/aromatic N) is 2. The summed E-state index contributed by atoms with van der Waals surface area (Å²) in [7, 11) is -3.81. The first-order valence-corrected chi connectivity index (χ1v) is 12.5. The van der Waals surface area contributed by atoms with E-state index in [1.54, 1.807) is 17.0 Å². The van der Waals surface area contributed by atoms with Crippen molar-refractivity contribution in [3.05, 3.63) is 59.7 Å². The summed E-state index contributed by atoms with van der Waals surface area (Å²) in [6, 6.07) is 13.7. The second-order valence-corrected chi connectivity index (χ2v) is 10.2. The average molecular weight is 457 g/mol. The van der Waals surface area contributed by atoms with E-state index in [0.717, 1.165) is 43.4 Å². The third kappa shape index (κ3) is 4.42. The molecule has 7 nitrogen and oxygen atoms in total. The molecule has 4 rings (SSSR count). The molecule has 0 spiro atoms. The molecule has 1 amide bonds. The molecule has 2 aromatic rings. The minimum atomic E-state index is -3.81. The lowest BCUT2D eigenvalue weighted by atomic mass is 9.96. The molecule has 0 radical (unpaired) electrons. The van der Waals surface area contributed by atoms with E-state index < -0.39 is 22.6 Å². The number of hydrogen-bond donors (Lipinski definition) is 0. The Labute approximate surface area is 189 Å². The molecule has 1 unspecified atom stereocenters. The van der Waals surface area contributed by atoms with Gasteiger partial charge in [-0.2, -0.15) is 4.31 Å². The Kier molecular flexibility index (Phi) is 6.62. The normalized spacial score (nSPS) is 19.3. The van der Waals surface area contributed by atoms with E-state index in [0.29, 0.717) is 13.1 Å². The predicted octanol–water partition coefficient (Wildman–Crippen LogP) is 3.39. The van der Waals surface area contributed by atoms with Crippen molar-refractivity contribution in [3.8, 4) is 0 Å². The molecular weight excluding hydrogens is 428 g/mol. The molecule has 2 aromatic carbocycles. The summed E-state index contributed by atoms with van der Waals surface area (Å²) in [5.41, 5.74) is 1.88. The summed E-state index contributed by atoms with van der Waals surface area (Å²) < 4.78 is 33.0. The maximum absolute atomic E-state index is 13.1. The van der Waals surface area contributed by atoms with E-state index in [2.05, 4.69) is 0 Å². The number of anilines is 1. The van der Waals surface area contributed by atoms with Gasteiger partial charge in [-0.25, -0.2) is 13.2 Å². The van der Waals surface area contributed by atoms with Crippen LogP contribution < -0.4 is 4.90 Å². The molecule has 2 heterocycles. The average Bonchev–Trinajstić information content (AvgIpc) is 2.82. The number of ether oxygens (including phenoxy) is 1. The number of esters is 1. The first kappa shape index (κ1) is 22.5. The van der Waals surface area contributed by atoms with Crippen molar-refractivity contribution in [2.45, 2.75) is 50.0 Å². The molecular formula is C24H28N2O5S. The Morgan fingerprint density at radius 3 is 2.47 bits per heavy atom. The Balaban J connectivity index is 1.50. The van der Waals surface area contributed by atoms with Crippen LogP contribution in [0.2, 0.25) is 0 Å². The van der Waals surface area contributed by atoms with Gasteiger partial charge in [0.25, 0.3) is 5.91 Å². The first-order valence-electron chi connectivity index (χ1n) is 11.1. The topological polar surface area (TPSA) is 84.0 Å². The molecule has 2 aliphatic heterocycles. The van der Waals surface area contributed by atoms with Crippen molar-refractivity contribution in [3.63, 3.8) is 0 Å². The minimum Gasteiger partial charge on any atom is -0.452 e. The summed E-state index contributed by atoms with van der Waals surface area (Å²) in [6.07, 6.45) is 4.32. The standard InChI is InChI=1S/C24H28N2O5S/c1-18-13-14-19-9-3-5-11-21(19)26(18)23(27)17-31-24(28)20-10-4-6-12-22(20)32(29,30)25-15-7-2-8-16-25/h3-6,9-12,18H,2,7-8,13-17H2,1H3. The van der Waals surface area contributed by atoms with Crippen LogP contribution in [0.25, 0.3) is 0 Å². The first-order chi connectivity index (χ1) is 15.4. The maximum Gasteiger partial charge on any atom is 0.340 e. The molecule has 0 aliphatic carbocycles. The van der Waals surface area contributed by atoms with Gasteiger partial charge in [0, 0.05) is 24.8 Å². The number of benzene rings is 2. The van der Waals surface area contributed by atoms with E-state index in [-0.39, 0.29) is 22.4 Å². The highest BCUT2D eigenvalue weighted by Crippen LogP contribution is 2.30. The highest BCUT2D eigenvalue weighted by molar-refractivity contribution is 7.89. The SMILES string of the molecule is CC1CCc2ccccc2N1C(=O)COC(=O)c1ccccc1S(=O)(=O)N1CCCCC1. The van der Waals surface area contributed by atoms with E-state index in [1.807, 2.05) is 31.2 Å². The molecule has 170 valence electrons. The fourth-order valence-electron chi connectivity index (χ4n) is 4.45. The molecule has 0 aromatic heterocycles. The number of fused-ring (bicyclic) bond motifs is 1. The number of aryl methyl sites for hydroxylation is 1. The van der Waals surface area contributed by atoms with Crippen LogP contribution >= 0.6 is 0 Å². The summed E-state index contributed by atoms with van der Waals surface area (Å²) in [5, 5.41) is 0. The number of sulfonamides is 1. The lowest BCUT2D eigenvalue weighted by molar-refractivity contribution is -0.122. The molecule has 2 aliphatic rings. The van der Waals surface area contributed by atoms with Crippen molar-refractivity contribution >= 4 is 27.6 Å². The van der Waals surface area contributed by atoms with E-state index in [4.69, 9.17) is 4.74 Å². The Bertz CT molecular complexity index is 1110. The van der Waals surface area contributed by atoms with Gasteiger partial charge in [0.15, 0.2) is 6.61 Å². The van der Waals surface area contributed by atoms with Crippen LogP contribution in [0.1, 0.15) is 48.5 Å².